The van der Waals surface area contributed by atoms with Gasteiger partial charge in [0.1, 0.15) is 17.7 Å². The summed E-state index contributed by atoms with van der Waals surface area (Å²) in [5.74, 6) is 0. The Labute approximate surface area is 115 Å². The number of unbranched alkanes of at least 4 members (excludes halogenated alkanes) is 2. The minimum absolute atomic E-state index is 0.165. The number of hydrogen-bond donors (Lipinski definition) is 0. The van der Waals surface area contributed by atoms with E-state index in [2.05, 4.69) is 6.92 Å². The van der Waals surface area contributed by atoms with Gasteiger partial charge in [-0.1, -0.05) is 56.2 Å². The van der Waals surface area contributed by atoms with Gasteiger partial charge in [-0.2, -0.15) is 10.5 Å². The van der Waals surface area contributed by atoms with Crippen molar-refractivity contribution in [2.45, 2.75) is 32.6 Å². The highest BCUT2D eigenvalue weighted by atomic mass is 14.3. The van der Waals surface area contributed by atoms with Gasteiger partial charge in [0.05, 0.1) is 0 Å². The Morgan fingerprint density at radius 2 is 1.79 bits per heavy atom. The molecule has 0 radical (unpaired) electrons. The first kappa shape index (κ1) is 14.7. The summed E-state index contributed by atoms with van der Waals surface area (Å²) in [6.07, 6.45) is 8.04. The molecule has 0 amide bonds. The fraction of sp³-hybridized carbons (Fsp3) is 0.294. The fourth-order valence-corrected chi connectivity index (χ4v) is 1.80. The zero-order valence-corrected chi connectivity index (χ0v) is 11.3. The van der Waals surface area contributed by atoms with E-state index in [9.17, 15) is 0 Å². The van der Waals surface area contributed by atoms with E-state index < -0.39 is 0 Å². The maximum absolute atomic E-state index is 8.84. The molecule has 0 heterocycles. The third-order valence-electron chi connectivity index (χ3n) is 2.79. The van der Waals surface area contributed by atoms with Gasteiger partial charge in [0, 0.05) is 0 Å². The molecule has 0 aliphatic heterocycles. The van der Waals surface area contributed by atoms with Crippen molar-refractivity contribution in [3.05, 3.63) is 53.1 Å². The van der Waals surface area contributed by atoms with Crippen LogP contribution in [-0.2, 0) is 0 Å². The molecule has 0 saturated carbocycles. The van der Waals surface area contributed by atoms with E-state index in [4.69, 9.17) is 10.5 Å². The number of nitriles is 2. The summed E-state index contributed by atoms with van der Waals surface area (Å²) in [4.78, 5) is 0. The molecular formula is C17H18N2. The Kier molecular flexibility index (Phi) is 6.77. The number of hydrogen-bond acceptors (Lipinski definition) is 2. The first-order valence-electron chi connectivity index (χ1n) is 6.57. The first-order chi connectivity index (χ1) is 9.30. The Hall–Kier alpha value is -2.32. The molecule has 2 nitrogen and oxygen atoms in total. The Morgan fingerprint density at radius 3 is 2.37 bits per heavy atom. The van der Waals surface area contributed by atoms with Crippen LogP contribution in [0.5, 0.6) is 0 Å². The number of benzene rings is 1. The molecule has 19 heavy (non-hydrogen) atoms. The lowest BCUT2D eigenvalue weighted by Gasteiger charge is -2.02. The Morgan fingerprint density at radius 1 is 1.11 bits per heavy atom. The number of rotatable bonds is 6. The van der Waals surface area contributed by atoms with Gasteiger partial charge < -0.3 is 0 Å². The predicted octanol–water partition coefficient (Wildman–Crippen LogP) is 4.62. The van der Waals surface area contributed by atoms with E-state index >= 15 is 0 Å². The van der Waals surface area contributed by atoms with Crippen LogP contribution in [0.1, 0.15) is 38.2 Å². The second-order valence-corrected chi connectivity index (χ2v) is 4.37. The lowest BCUT2D eigenvalue weighted by molar-refractivity contribution is 0.720. The Bertz CT molecular complexity index is 509. The highest BCUT2D eigenvalue weighted by molar-refractivity contribution is 5.58. The van der Waals surface area contributed by atoms with Gasteiger partial charge in [-0.3, -0.25) is 0 Å². The smallest absolute Gasteiger partial charge is 0.129 e. The van der Waals surface area contributed by atoms with E-state index in [-0.39, 0.29) is 5.57 Å². The summed E-state index contributed by atoms with van der Waals surface area (Å²) in [6.45, 7) is 2.16. The van der Waals surface area contributed by atoms with Crippen LogP contribution in [0.25, 0.3) is 6.08 Å². The van der Waals surface area contributed by atoms with E-state index in [1.165, 1.54) is 0 Å². The van der Waals surface area contributed by atoms with E-state index in [1.54, 1.807) is 6.08 Å². The SMILES string of the molecule is CCCCC/C(C=C(C#N)C#N)=C\c1ccccc1. The molecule has 0 aliphatic rings. The highest BCUT2D eigenvalue weighted by Crippen LogP contribution is 2.16. The van der Waals surface area contributed by atoms with Crippen LogP contribution < -0.4 is 0 Å². The first-order valence-corrected chi connectivity index (χ1v) is 6.57. The van der Waals surface area contributed by atoms with Crippen molar-refractivity contribution in [3.8, 4) is 12.1 Å². The van der Waals surface area contributed by atoms with Crippen LogP contribution in [0.3, 0.4) is 0 Å². The molecule has 0 N–H and O–H groups in total. The van der Waals surface area contributed by atoms with Crippen molar-refractivity contribution >= 4 is 6.08 Å². The molecule has 0 bridgehead atoms. The fourth-order valence-electron chi connectivity index (χ4n) is 1.80. The molecule has 0 atom stereocenters. The summed E-state index contributed by atoms with van der Waals surface area (Å²) in [6, 6.07) is 13.8. The number of allylic oxidation sites excluding steroid dienone is 3. The van der Waals surface area contributed by atoms with Gasteiger partial charge in [-0.15, -0.1) is 0 Å². The highest BCUT2D eigenvalue weighted by Gasteiger charge is 1.99. The van der Waals surface area contributed by atoms with Gasteiger partial charge in [0.15, 0.2) is 0 Å². The minimum atomic E-state index is 0.165. The van der Waals surface area contributed by atoms with Crippen LogP contribution in [0, 0.1) is 22.7 Å². The second kappa shape index (κ2) is 8.72. The summed E-state index contributed by atoms with van der Waals surface area (Å²) < 4.78 is 0. The van der Waals surface area contributed by atoms with Gasteiger partial charge in [0.2, 0.25) is 0 Å². The quantitative estimate of drug-likeness (QED) is 0.420. The van der Waals surface area contributed by atoms with Crippen molar-refractivity contribution in [2.75, 3.05) is 0 Å². The van der Waals surface area contributed by atoms with Gasteiger partial charge in [-0.25, -0.2) is 0 Å². The second-order valence-electron chi connectivity index (χ2n) is 4.37. The van der Waals surface area contributed by atoms with Crippen LogP contribution in [0.15, 0.2) is 47.6 Å². The lowest BCUT2D eigenvalue weighted by Crippen LogP contribution is -1.84. The average molecular weight is 250 g/mol. The largest absolute Gasteiger partial charge is 0.192 e. The van der Waals surface area contributed by atoms with Crippen molar-refractivity contribution in [1.29, 1.82) is 10.5 Å². The Balaban J connectivity index is 2.93. The molecule has 0 unspecified atom stereocenters. The summed E-state index contributed by atoms with van der Waals surface area (Å²) in [5, 5.41) is 17.7. The maximum atomic E-state index is 8.84. The van der Waals surface area contributed by atoms with E-state index in [0.717, 1.165) is 36.8 Å². The summed E-state index contributed by atoms with van der Waals surface area (Å²) in [7, 11) is 0. The molecule has 0 aromatic heterocycles. The molecule has 2 heteroatoms. The van der Waals surface area contributed by atoms with E-state index in [0.29, 0.717) is 0 Å². The predicted molar refractivity (Wildman–Crippen MR) is 77.9 cm³/mol. The van der Waals surface area contributed by atoms with Gasteiger partial charge in [0.25, 0.3) is 0 Å². The molecule has 0 saturated heterocycles. The summed E-state index contributed by atoms with van der Waals surface area (Å²) in [5.41, 5.74) is 2.30. The van der Waals surface area contributed by atoms with Crippen molar-refractivity contribution in [2.24, 2.45) is 0 Å². The monoisotopic (exact) mass is 250 g/mol. The molecule has 0 aliphatic carbocycles. The normalized spacial score (nSPS) is 10.4. The molecule has 0 fully saturated rings. The third kappa shape index (κ3) is 5.70. The van der Waals surface area contributed by atoms with E-state index in [1.807, 2.05) is 48.5 Å². The van der Waals surface area contributed by atoms with Crippen molar-refractivity contribution < 1.29 is 0 Å². The molecular weight excluding hydrogens is 232 g/mol. The topological polar surface area (TPSA) is 47.6 Å². The van der Waals surface area contributed by atoms with Crippen LogP contribution in [-0.4, -0.2) is 0 Å². The van der Waals surface area contributed by atoms with Crippen molar-refractivity contribution in [1.82, 2.24) is 0 Å². The average Bonchev–Trinajstić information content (AvgIpc) is 2.45. The standard InChI is InChI=1S/C17H18N2/c1-2-3-5-10-16(12-17(13-18)14-19)11-15-8-6-4-7-9-15/h4,6-9,11-12H,2-3,5,10H2,1H3/b16-11+. The molecule has 96 valence electrons. The molecule has 0 spiro atoms. The minimum Gasteiger partial charge on any atom is -0.192 e. The lowest BCUT2D eigenvalue weighted by atomic mass is 10.0. The maximum Gasteiger partial charge on any atom is 0.129 e. The van der Waals surface area contributed by atoms with Crippen LogP contribution in [0.4, 0.5) is 0 Å². The van der Waals surface area contributed by atoms with Gasteiger partial charge >= 0.3 is 0 Å². The zero-order chi connectivity index (χ0) is 13.9. The van der Waals surface area contributed by atoms with Gasteiger partial charge in [-0.05, 0) is 30.1 Å². The third-order valence-corrected chi connectivity index (χ3v) is 2.79. The van der Waals surface area contributed by atoms with Crippen LogP contribution in [0.2, 0.25) is 0 Å². The molecule has 1 rings (SSSR count). The summed E-state index contributed by atoms with van der Waals surface area (Å²) >= 11 is 0. The van der Waals surface area contributed by atoms with Crippen LogP contribution >= 0.6 is 0 Å². The molecule has 1 aromatic rings. The van der Waals surface area contributed by atoms with Crippen molar-refractivity contribution in [3.63, 3.8) is 0 Å². The number of nitrogens with zero attached hydrogens (tertiary/aromatic N) is 2. The zero-order valence-electron chi connectivity index (χ0n) is 11.3. The molecule has 1 aromatic carbocycles.